The lowest BCUT2D eigenvalue weighted by Gasteiger charge is -2.29. The van der Waals surface area contributed by atoms with Crippen LogP contribution in [0.4, 0.5) is 5.69 Å². The summed E-state index contributed by atoms with van der Waals surface area (Å²) in [4.78, 5) is 14.2. The number of amides is 1. The SMILES string of the molecule is CN(C)CC(C)(O)CNC1CCc2ccccc2NC1=O. The van der Waals surface area contributed by atoms with E-state index in [4.69, 9.17) is 0 Å². The number of benzene rings is 1. The predicted octanol–water partition coefficient (Wildman–Crippen LogP) is 0.842. The molecule has 1 aliphatic rings. The van der Waals surface area contributed by atoms with Crippen molar-refractivity contribution >= 4 is 11.6 Å². The molecule has 5 heteroatoms. The Morgan fingerprint density at radius 1 is 1.43 bits per heavy atom. The molecule has 0 saturated carbocycles. The molecule has 0 aliphatic carbocycles. The van der Waals surface area contributed by atoms with E-state index in [0.29, 0.717) is 13.1 Å². The van der Waals surface area contributed by atoms with Gasteiger partial charge in [-0.2, -0.15) is 0 Å². The molecular weight excluding hydrogens is 266 g/mol. The summed E-state index contributed by atoms with van der Waals surface area (Å²) < 4.78 is 0. The number of para-hydroxylation sites is 1. The third-order valence-corrected chi connectivity index (χ3v) is 3.68. The summed E-state index contributed by atoms with van der Waals surface area (Å²) in [5.41, 5.74) is 1.20. The number of fused-ring (bicyclic) bond motifs is 1. The van der Waals surface area contributed by atoms with Crippen molar-refractivity contribution in [2.45, 2.75) is 31.4 Å². The summed E-state index contributed by atoms with van der Waals surface area (Å²) in [6.45, 7) is 2.72. The molecule has 3 N–H and O–H groups in total. The third-order valence-electron chi connectivity index (χ3n) is 3.68. The molecule has 1 aliphatic heterocycles. The Hall–Kier alpha value is -1.43. The fourth-order valence-corrected chi connectivity index (χ4v) is 2.79. The van der Waals surface area contributed by atoms with Gasteiger partial charge in [0.05, 0.1) is 11.6 Å². The van der Waals surface area contributed by atoms with Gasteiger partial charge in [-0.05, 0) is 45.5 Å². The first kappa shape index (κ1) is 15.9. The molecule has 2 rings (SSSR count). The van der Waals surface area contributed by atoms with Gasteiger partial charge in [0.15, 0.2) is 0 Å². The number of carbonyl (C=O) groups excluding carboxylic acids is 1. The normalized spacial score (nSPS) is 21.4. The largest absolute Gasteiger partial charge is 0.388 e. The Labute approximate surface area is 126 Å². The van der Waals surface area contributed by atoms with Crippen LogP contribution in [0, 0.1) is 0 Å². The zero-order valence-corrected chi connectivity index (χ0v) is 13.0. The second kappa shape index (κ2) is 6.56. The lowest BCUT2D eigenvalue weighted by Crippen LogP contribution is -2.50. The molecule has 116 valence electrons. The molecule has 1 amide bonds. The maximum atomic E-state index is 12.3. The molecule has 1 aromatic carbocycles. The summed E-state index contributed by atoms with van der Waals surface area (Å²) >= 11 is 0. The second-order valence-corrected chi connectivity index (χ2v) is 6.35. The van der Waals surface area contributed by atoms with Gasteiger partial charge < -0.3 is 20.6 Å². The first-order chi connectivity index (χ1) is 9.87. The fraction of sp³-hybridized carbons (Fsp3) is 0.562. The van der Waals surface area contributed by atoms with Gasteiger partial charge in [-0.25, -0.2) is 0 Å². The monoisotopic (exact) mass is 291 g/mol. The van der Waals surface area contributed by atoms with Gasteiger partial charge in [-0.15, -0.1) is 0 Å². The number of rotatable bonds is 5. The summed E-state index contributed by atoms with van der Waals surface area (Å²) in [6.07, 6.45) is 1.59. The van der Waals surface area contributed by atoms with Gasteiger partial charge >= 0.3 is 0 Å². The first-order valence-electron chi connectivity index (χ1n) is 7.37. The average molecular weight is 291 g/mol. The standard InChI is InChI=1S/C16H25N3O2/c1-16(21,11-19(2)3)10-17-14-9-8-12-6-4-5-7-13(12)18-15(14)20/h4-7,14,17,21H,8-11H2,1-3H3,(H,18,20). The van der Waals surface area contributed by atoms with E-state index in [-0.39, 0.29) is 11.9 Å². The lowest BCUT2D eigenvalue weighted by molar-refractivity contribution is -0.118. The summed E-state index contributed by atoms with van der Waals surface area (Å²) in [5.74, 6) is -0.0272. The van der Waals surface area contributed by atoms with Crippen molar-refractivity contribution in [1.29, 1.82) is 0 Å². The number of anilines is 1. The van der Waals surface area contributed by atoms with Crippen LogP contribution in [0.3, 0.4) is 0 Å². The number of nitrogens with zero attached hydrogens (tertiary/aromatic N) is 1. The number of likely N-dealkylation sites (N-methyl/N-ethyl adjacent to an activating group) is 1. The highest BCUT2D eigenvalue weighted by molar-refractivity contribution is 5.96. The van der Waals surface area contributed by atoms with Gasteiger partial charge in [0, 0.05) is 18.8 Å². The smallest absolute Gasteiger partial charge is 0.241 e. The Morgan fingerprint density at radius 2 is 2.14 bits per heavy atom. The van der Waals surface area contributed by atoms with Crippen molar-refractivity contribution in [1.82, 2.24) is 10.2 Å². The van der Waals surface area contributed by atoms with Crippen LogP contribution in [0.1, 0.15) is 18.9 Å². The van der Waals surface area contributed by atoms with E-state index in [1.54, 1.807) is 6.92 Å². The Kier molecular flexibility index (Phi) is 4.98. The van der Waals surface area contributed by atoms with Crippen molar-refractivity contribution in [3.8, 4) is 0 Å². The highest BCUT2D eigenvalue weighted by Gasteiger charge is 2.27. The van der Waals surface area contributed by atoms with Crippen LogP contribution in [0.2, 0.25) is 0 Å². The van der Waals surface area contributed by atoms with E-state index in [2.05, 4.69) is 10.6 Å². The number of hydrogen-bond acceptors (Lipinski definition) is 4. The van der Waals surface area contributed by atoms with Crippen molar-refractivity contribution < 1.29 is 9.90 Å². The van der Waals surface area contributed by atoms with Crippen molar-refractivity contribution in [2.75, 3.05) is 32.5 Å². The van der Waals surface area contributed by atoms with Gasteiger partial charge in [0.2, 0.25) is 5.91 Å². The third kappa shape index (κ3) is 4.52. The van der Waals surface area contributed by atoms with E-state index < -0.39 is 5.60 Å². The van der Waals surface area contributed by atoms with Crippen LogP contribution in [0.5, 0.6) is 0 Å². The maximum absolute atomic E-state index is 12.3. The minimum absolute atomic E-state index is 0.0272. The van der Waals surface area contributed by atoms with E-state index in [0.717, 1.165) is 24.1 Å². The quantitative estimate of drug-likeness (QED) is 0.752. The van der Waals surface area contributed by atoms with Crippen LogP contribution in [0.15, 0.2) is 24.3 Å². The zero-order chi connectivity index (χ0) is 15.5. The molecule has 2 unspecified atom stereocenters. The molecule has 0 bridgehead atoms. The van der Waals surface area contributed by atoms with Crippen LogP contribution in [0.25, 0.3) is 0 Å². The Morgan fingerprint density at radius 3 is 2.86 bits per heavy atom. The molecule has 21 heavy (non-hydrogen) atoms. The topological polar surface area (TPSA) is 64.6 Å². The van der Waals surface area contributed by atoms with E-state index in [1.165, 1.54) is 0 Å². The average Bonchev–Trinajstić information content (AvgIpc) is 2.53. The zero-order valence-electron chi connectivity index (χ0n) is 13.0. The van der Waals surface area contributed by atoms with Crippen LogP contribution < -0.4 is 10.6 Å². The van der Waals surface area contributed by atoms with Crippen LogP contribution in [-0.4, -0.2) is 54.7 Å². The maximum Gasteiger partial charge on any atom is 0.241 e. The molecule has 2 atom stereocenters. The van der Waals surface area contributed by atoms with Crippen LogP contribution in [-0.2, 0) is 11.2 Å². The molecule has 0 fully saturated rings. The predicted molar refractivity (Wildman–Crippen MR) is 84.4 cm³/mol. The summed E-state index contributed by atoms with van der Waals surface area (Å²) in [7, 11) is 3.84. The number of hydrogen-bond donors (Lipinski definition) is 3. The number of aliphatic hydroxyl groups is 1. The highest BCUT2D eigenvalue weighted by Crippen LogP contribution is 2.21. The van der Waals surface area contributed by atoms with Crippen molar-refractivity contribution in [3.63, 3.8) is 0 Å². The number of aryl methyl sites for hydroxylation is 1. The molecule has 5 nitrogen and oxygen atoms in total. The summed E-state index contributed by atoms with van der Waals surface area (Å²) in [5, 5.41) is 16.5. The molecule has 0 saturated heterocycles. The highest BCUT2D eigenvalue weighted by atomic mass is 16.3. The lowest BCUT2D eigenvalue weighted by atomic mass is 10.0. The van der Waals surface area contributed by atoms with Gasteiger partial charge in [-0.1, -0.05) is 18.2 Å². The van der Waals surface area contributed by atoms with Gasteiger partial charge in [-0.3, -0.25) is 4.79 Å². The second-order valence-electron chi connectivity index (χ2n) is 6.35. The first-order valence-corrected chi connectivity index (χ1v) is 7.37. The van der Waals surface area contributed by atoms with E-state index >= 15 is 0 Å². The van der Waals surface area contributed by atoms with E-state index in [9.17, 15) is 9.90 Å². The van der Waals surface area contributed by atoms with Crippen molar-refractivity contribution in [3.05, 3.63) is 29.8 Å². The number of nitrogens with one attached hydrogen (secondary N) is 2. The Bertz CT molecular complexity index is 500. The molecule has 1 aromatic rings. The van der Waals surface area contributed by atoms with E-state index in [1.807, 2.05) is 43.3 Å². The molecule has 1 heterocycles. The molecule has 0 aromatic heterocycles. The Balaban J connectivity index is 1.95. The fourth-order valence-electron chi connectivity index (χ4n) is 2.79. The minimum Gasteiger partial charge on any atom is -0.388 e. The number of carbonyl (C=O) groups is 1. The van der Waals surface area contributed by atoms with Gasteiger partial charge in [0.25, 0.3) is 0 Å². The van der Waals surface area contributed by atoms with Crippen molar-refractivity contribution in [2.24, 2.45) is 0 Å². The molecular formula is C16H25N3O2. The molecule has 0 spiro atoms. The minimum atomic E-state index is -0.858. The van der Waals surface area contributed by atoms with Gasteiger partial charge in [0.1, 0.15) is 0 Å². The summed E-state index contributed by atoms with van der Waals surface area (Å²) in [6, 6.07) is 7.61. The van der Waals surface area contributed by atoms with Crippen LogP contribution >= 0.6 is 0 Å². The molecule has 0 radical (unpaired) electrons.